The molecule has 1 aromatic carbocycles. The van der Waals surface area contributed by atoms with Crippen LogP contribution >= 0.6 is 0 Å². The molecule has 6 nitrogen and oxygen atoms in total. The number of unbranched alkanes of at least 4 members (excludes halogenated alkanes) is 1. The third-order valence-electron chi connectivity index (χ3n) is 3.89. The first-order valence-electron chi connectivity index (χ1n) is 8.37. The number of carbonyl (C=O) groups excluding carboxylic acids is 2. The molecule has 0 heterocycles. The van der Waals surface area contributed by atoms with Crippen molar-refractivity contribution in [3.8, 4) is 0 Å². The summed E-state index contributed by atoms with van der Waals surface area (Å²) in [5, 5.41) is 2.87. The second kappa shape index (κ2) is 10.4. The summed E-state index contributed by atoms with van der Waals surface area (Å²) < 4.78 is 0. The summed E-state index contributed by atoms with van der Waals surface area (Å²) in [6.45, 7) is 4.20. The first-order chi connectivity index (χ1) is 11.4. The highest BCUT2D eigenvalue weighted by molar-refractivity contribution is 5.90. The van der Waals surface area contributed by atoms with Crippen LogP contribution in [0.1, 0.15) is 45.1 Å². The molecule has 1 amide bonds. The van der Waals surface area contributed by atoms with Crippen molar-refractivity contribution in [1.29, 1.82) is 0 Å². The number of hydrogen-bond acceptors (Lipinski definition) is 3. The van der Waals surface area contributed by atoms with E-state index in [0.29, 0.717) is 13.0 Å². The molecule has 0 radical (unpaired) electrons. The second-order valence-electron chi connectivity index (χ2n) is 5.93. The number of nitrogens with zero attached hydrogens (tertiary/aromatic N) is 1. The summed E-state index contributed by atoms with van der Waals surface area (Å²) in [7, 11) is 0. The number of Topliss-reactive ketones (excluding diaryl/α,β-unsaturated/α-hetero) is 1. The molecule has 5 N–H and O–H groups in total. The first kappa shape index (κ1) is 19.7. The zero-order valence-corrected chi connectivity index (χ0v) is 14.5. The lowest BCUT2D eigenvalue weighted by atomic mass is 9.93. The van der Waals surface area contributed by atoms with Crippen molar-refractivity contribution in [1.82, 2.24) is 0 Å². The fourth-order valence-electron chi connectivity index (χ4n) is 2.41. The molecule has 0 fully saturated rings. The van der Waals surface area contributed by atoms with Crippen LogP contribution in [0.3, 0.4) is 0 Å². The molecule has 0 saturated carbocycles. The maximum atomic E-state index is 11.9. The molecule has 0 aliphatic carbocycles. The fraction of sp³-hybridized carbons (Fsp3) is 0.500. The van der Waals surface area contributed by atoms with Gasteiger partial charge in [0.15, 0.2) is 5.96 Å². The maximum absolute atomic E-state index is 11.9. The van der Waals surface area contributed by atoms with E-state index in [-0.39, 0.29) is 23.6 Å². The lowest BCUT2D eigenvalue weighted by Crippen LogP contribution is -2.23. The lowest BCUT2D eigenvalue weighted by Gasteiger charge is -2.12. The highest BCUT2D eigenvalue weighted by Gasteiger charge is 2.12. The van der Waals surface area contributed by atoms with Crippen LogP contribution in [0.15, 0.2) is 29.3 Å². The molecule has 0 aliphatic rings. The highest BCUT2D eigenvalue weighted by atomic mass is 16.1. The third-order valence-corrected chi connectivity index (χ3v) is 3.89. The number of amides is 1. The van der Waals surface area contributed by atoms with E-state index < -0.39 is 0 Å². The second-order valence-corrected chi connectivity index (χ2v) is 5.93. The monoisotopic (exact) mass is 332 g/mol. The Labute approximate surface area is 143 Å². The number of benzene rings is 1. The average Bonchev–Trinajstić information content (AvgIpc) is 2.53. The average molecular weight is 332 g/mol. The van der Waals surface area contributed by atoms with Gasteiger partial charge in [0.2, 0.25) is 5.91 Å². The number of hydrogen-bond donors (Lipinski definition) is 3. The molecule has 6 heteroatoms. The van der Waals surface area contributed by atoms with Crippen LogP contribution in [0.4, 0.5) is 5.69 Å². The molecule has 0 saturated heterocycles. The minimum Gasteiger partial charge on any atom is -0.370 e. The molecular weight excluding hydrogens is 304 g/mol. The number of nitrogens with one attached hydrogen (secondary N) is 1. The number of nitrogens with two attached hydrogens (primary N) is 2. The summed E-state index contributed by atoms with van der Waals surface area (Å²) >= 11 is 0. The summed E-state index contributed by atoms with van der Waals surface area (Å²) in [6.07, 6.45) is 3.52. The quantitative estimate of drug-likeness (QED) is 0.346. The van der Waals surface area contributed by atoms with Gasteiger partial charge in [-0.3, -0.25) is 14.6 Å². The van der Waals surface area contributed by atoms with Crippen molar-refractivity contribution in [3.05, 3.63) is 29.8 Å². The molecular formula is C18H28N4O2. The Morgan fingerprint density at radius 3 is 2.38 bits per heavy atom. The van der Waals surface area contributed by atoms with E-state index in [9.17, 15) is 9.59 Å². The van der Waals surface area contributed by atoms with E-state index in [4.69, 9.17) is 11.5 Å². The van der Waals surface area contributed by atoms with E-state index in [1.165, 1.54) is 0 Å². The molecule has 24 heavy (non-hydrogen) atoms. The van der Waals surface area contributed by atoms with Crippen molar-refractivity contribution in [2.24, 2.45) is 22.4 Å². The van der Waals surface area contributed by atoms with Gasteiger partial charge in [-0.1, -0.05) is 19.1 Å². The molecule has 0 bridgehead atoms. The Morgan fingerprint density at radius 1 is 1.17 bits per heavy atom. The van der Waals surface area contributed by atoms with E-state index in [2.05, 4.69) is 10.3 Å². The number of anilines is 1. The van der Waals surface area contributed by atoms with Crippen molar-refractivity contribution in [2.45, 2.75) is 46.0 Å². The zero-order chi connectivity index (χ0) is 17.9. The van der Waals surface area contributed by atoms with Gasteiger partial charge in [0, 0.05) is 24.6 Å². The van der Waals surface area contributed by atoms with E-state index >= 15 is 0 Å². The Bertz CT molecular complexity index is 563. The zero-order valence-electron chi connectivity index (χ0n) is 14.5. The van der Waals surface area contributed by atoms with Gasteiger partial charge in [-0.25, -0.2) is 0 Å². The van der Waals surface area contributed by atoms with E-state index in [1.54, 1.807) is 6.92 Å². The van der Waals surface area contributed by atoms with Crippen LogP contribution in [0.5, 0.6) is 0 Å². The minimum absolute atomic E-state index is 0.0254. The molecule has 1 rings (SSSR count). The SMILES string of the molecule is CCC(Cc1ccc(NC(=O)CCCCN=C(N)N)cc1)C(C)=O. The van der Waals surface area contributed by atoms with Gasteiger partial charge in [-0.15, -0.1) is 0 Å². The minimum atomic E-state index is -0.0254. The van der Waals surface area contributed by atoms with Crippen molar-refractivity contribution < 1.29 is 9.59 Å². The van der Waals surface area contributed by atoms with Crippen molar-refractivity contribution >= 4 is 23.3 Å². The standard InChI is InChI=1S/C18H28N4O2/c1-3-15(13(2)23)12-14-7-9-16(10-8-14)22-17(24)6-4-5-11-21-18(19)20/h7-10,15H,3-6,11-12H2,1-2H3,(H,22,24)(H4,19,20,21). The van der Waals surface area contributed by atoms with Gasteiger partial charge < -0.3 is 16.8 Å². The summed E-state index contributed by atoms with van der Waals surface area (Å²) in [5.41, 5.74) is 12.3. The maximum Gasteiger partial charge on any atom is 0.224 e. The van der Waals surface area contributed by atoms with Crippen LogP contribution in [-0.2, 0) is 16.0 Å². The molecule has 0 spiro atoms. The predicted molar refractivity (Wildman–Crippen MR) is 97.8 cm³/mol. The summed E-state index contributed by atoms with van der Waals surface area (Å²) in [6, 6.07) is 7.67. The van der Waals surface area contributed by atoms with E-state index in [1.807, 2.05) is 31.2 Å². The summed E-state index contributed by atoms with van der Waals surface area (Å²) in [5.74, 6) is 0.337. The molecule has 1 aromatic rings. The molecule has 1 atom stereocenters. The largest absolute Gasteiger partial charge is 0.370 e. The number of rotatable bonds is 10. The van der Waals surface area contributed by atoms with Crippen molar-refractivity contribution in [2.75, 3.05) is 11.9 Å². The van der Waals surface area contributed by atoms with Gasteiger partial charge in [0.25, 0.3) is 0 Å². The topological polar surface area (TPSA) is 111 Å². The van der Waals surface area contributed by atoms with Crippen LogP contribution in [0, 0.1) is 5.92 Å². The van der Waals surface area contributed by atoms with Gasteiger partial charge in [0.05, 0.1) is 0 Å². The van der Waals surface area contributed by atoms with Gasteiger partial charge in [-0.2, -0.15) is 0 Å². The smallest absolute Gasteiger partial charge is 0.224 e. The highest BCUT2D eigenvalue weighted by Crippen LogP contribution is 2.16. The number of aliphatic imine (C=N–C) groups is 1. The predicted octanol–water partition coefficient (Wildman–Crippen LogP) is 2.23. The van der Waals surface area contributed by atoms with Crippen LogP contribution < -0.4 is 16.8 Å². The number of carbonyl (C=O) groups is 2. The molecule has 132 valence electrons. The normalized spacial score (nSPS) is 11.6. The number of guanidine groups is 1. The Balaban J connectivity index is 2.39. The van der Waals surface area contributed by atoms with E-state index in [0.717, 1.165) is 36.9 Å². The van der Waals surface area contributed by atoms with Crippen LogP contribution in [-0.4, -0.2) is 24.2 Å². The van der Waals surface area contributed by atoms with Gasteiger partial charge in [-0.05, 0) is 50.3 Å². The molecule has 1 unspecified atom stereocenters. The fourth-order valence-corrected chi connectivity index (χ4v) is 2.41. The Hall–Kier alpha value is -2.37. The van der Waals surface area contributed by atoms with Gasteiger partial charge >= 0.3 is 0 Å². The first-order valence-corrected chi connectivity index (χ1v) is 8.37. The van der Waals surface area contributed by atoms with Crippen molar-refractivity contribution in [3.63, 3.8) is 0 Å². The molecule has 0 aliphatic heterocycles. The molecule has 0 aromatic heterocycles. The number of ketones is 1. The lowest BCUT2D eigenvalue weighted by molar-refractivity contribution is -0.120. The van der Waals surface area contributed by atoms with Crippen LogP contribution in [0.25, 0.3) is 0 Å². The Kier molecular flexibility index (Phi) is 8.54. The van der Waals surface area contributed by atoms with Gasteiger partial charge in [0.1, 0.15) is 5.78 Å². The van der Waals surface area contributed by atoms with Crippen LogP contribution in [0.2, 0.25) is 0 Å². The summed E-state index contributed by atoms with van der Waals surface area (Å²) in [4.78, 5) is 27.2. The third kappa shape index (κ3) is 7.76. The Morgan fingerprint density at radius 2 is 1.83 bits per heavy atom.